The van der Waals surface area contributed by atoms with Gasteiger partial charge >= 0.3 is 0 Å². The predicted molar refractivity (Wildman–Crippen MR) is 60.9 cm³/mol. The number of methoxy groups -OCH3 is 1. The Morgan fingerprint density at radius 2 is 2.07 bits per heavy atom. The Bertz CT molecular complexity index is 306. The lowest BCUT2D eigenvalue weighted by atomic mass is 10.1. The molecule has 1 aliphatic rings. The molecule has 2 rings (SSSR count). The number of rotatable bonds is 5. The van der Waals surface area contributed by atoms with Crippen LogP contribution in [0, 0.1) is 0 Å². The maximum atomic E-state index is 6.06. The molecule has 0 saturated heterocycles. The molecule has 15 heavy (non-hydrogen) atoms. The molecule has 0 amide bonds. The predicted octanol–water partition coefficient (Wildman–Crippen LogP) is 1.45. The first kappa shape index (κ1) is 10.5. The quantitative estimate of drug-likeness (QED) is 0.766. The van der Waals surface area contributed by atoms with Gasteiger partial charge in [-0.15, -0.1) is 0 Å². The van der Waals surface area contributed by atoms with Crippen LogP contribution in [0.2, 0.25) is 0 Å². The number of benzene rings is 1. The van der Waals surface area contributed by atoms with Gasteiger partial charge in [0, 0.05) is 18.6 Å². The molecule has 0 spiro atoms. The topological polar surface area (TPSA) is 47.3 Å². The Hall–Kier alpha value is -1.06. The number of hydrogen-bond donors (Lipinski definition) is 2. The summed E-state index contributed by atoms with van der Waals surface area (Å²) in [5.74, 6) is 0.876. The minimum absolute atomic E-state index is 0.0801. The van der Waals surface area contributed by atoms with Crippen LogP contribution >= 0.6 is 0 Å². The van der Waals surface area contributed by atoms with E-state index in [9.17, 15) is 0 Å². The monoisotopic (exact) mass is 206 g/mol. The van der Waals surface area contributed by atoms with Gasteiger partial charge in [-0.25, -0.2) is 0 Å². The minimum Gasteiger partial charge on any atom is -0.497 e. The third kappa shape index (κ3) is 2.94. The van der Waals surface area contributed by atoms with Gasteiger partial charge in [0.25, 0.3) is 0 Å². The van der Waals surface area contributed by atoms with E-state index >= 15 is 0 Å². The van der Waals surface area contributed by atoms with Gasteiger partial charge in [-0.05, 0) is 30.5 Å². The minimum atomic E-state index is 0.0801. The summed E-state index contributed by atoms with van der Waals surface area (Å²) in [5.41, 5.74) is 7.22. The molecule has 0 aromatic heterocycles. The maximum absolute atomic E-state index is 6.06. The van der Waals surface area contributed by atoms with Crippen LogP contribution in [0.15, 0.2) is 24.3 Å². The molecule has 1 unspecified atom stereocenters. The van der Waals surface area contributed by atoms with Crippen LogP contribution < -0.4 is 15.8 Å². The highest BCUT2D eigenvalue weighted by molar-refractivity contribution is 5.29. The number of nitrogens with two attached hydrogens (primary N) is 1. The molecule has 1 saturated carbocycles. The van der Waals surface area contributed by atoms with Gasteiger partial charge in [0.1, 0.15) is 5.75 Å². The van der Waals surface area contributed by atoms with Crippen molar-refractivity contribution in [2.75, 3.05) is 13.7 Å². The fourth-order valence-corrected chi connectivity index (χ4v) is 1.55. The zero-order chi connectivity index (χ0) is 10.7. The lowest BCUT2D eigenvalue weighted by Gasteiger charge is -2.13. The van der Waals surface area contributed by atoms with Crippen molar-refractivity contribution in [3.63, 3.8) is 0 Å². The summed E-state index contributed by atoms with van der Waals surface area (Å²) in [6.07, 6.45) is 2.60. The molecule has 0 heterocycles. The van der Waals surface area contributed by atoms with Crippen LogP contribution in [-0.4, -0.2) is 19.7 Å². The first-order valence-corrected chi connectivity index (χ1v) is 5.42. The van der Waals surface area contributed by atoms with Gasteiger partial charge in [-0.3, -0.25) is 0 Å². The normalized spacial score (nSPS) is 17.5. The Labute approximate surface area is 90.6 Å². The SMILES string of the molecule is COc1ccc(C(N)CNC2CC2)cc1. The van der Waals surface area contributed by atoms with Gasteiger partial charge in [0.05, 0.1) is 7.11 Å². The van der Waals surface area contributed by atoms with E-state index in [2.05, 4.69) is 5.32 Å². The van der Waals surface area contributed by atoms with Crippen molar-refractivity contribution in [1.82, 2.24) is 5.32 Å². The summed E-state index contributed by atoms with van der Waals surface area (Å²) < 4.78 is 5.10. The molecule has 1 aliphatic carbocycles. The third-order valence-electron chi connectivity index (χ3n) is 2.75. The zero-order valence-corrected chi connectivity index (χ0v) is 9.07. The van der Waals surface area contributed by atoms with E-state index in [4.69, 9.17) is 10.5 Å². The van der Waals surface area contributed by atoms with Crippen LogP contribution in [-0.2, 0) is 0 Å². The van der Waals surface area contributed by atoms with E-state index in [0.29, 0.717) is 6.04 Å². The number of ether oxygens (including phenoxy) is 1. The lowest BCUT2D eigenvalue weighted by molar-refractivity contribution is 0.414. The van der Waals surface area contributed by atoms with Gasteiger partial charge in [-0.1, -0.05) is 12.1 Å². The largest absolute Gasteiger partial charge is 0.497 e. The molecule has 0 radical (unpaired) electrons. The molecule has 82 valence electrons. The summed E-state index contributed by atoms with van der Waals surface area (Å²) in [6.45, 7) is 0.858. The van der Waals surface area contributed by atoms with Crippen molar-refractivity contribution in [1.29, 1.82) is 0 Å². The van der Waals surface area contributed by atoms with E-state index < -0.39 is 0 Å². The summed E-state index contributed by atoms with van der Waals surface area (Å²) in [6, 6.07) is 8.75. The highest BCUT2D eigenvalue weighted by Crippen LogP contribution is 2.20. The summed E-state index contributed by atoms with van der Waals surface area (Å²) >= 11 is 0. The van der Waals surface area contributed by atoms with Crippen LogP contribution in [0.25, 0.3) is 0 Å². The van der Waals surface area contributed by atoms with Gasteiger partial charge in [0.2, 0.25) is 0 Å². The fourth-order valence-electron chi connectivity index (χ4n) is 1.55. The van der Waals surface area contributed by atoms with Crippen LogP contribution in [0.1, 0.15) is 24.4 Å². The highest BCUT2D eigenvalue weighted by Gasteiger charge is 2.21. The van der Waals surface area contributed by atoms with Crippen molar-refractivity contribution in [2.45, 2.75) is 24.9 Å². The standard InChI is InChI=1S/C12H18N2O/c1-15-11-6-2-9(3-7-11)12(13)8-14-10-4-5-10/h2-3,6-7,10,12,14H,4-5,8,13H2,1H3. The van der Waals surface area contributed by atoms with Crippen LogP contribution in [0.4, 0.5) is 0 Å². The van der Waals surface area contributed by atoms with Crippen molar-refractivity contribution in [3.05, 3.63) is 29.8 Å². The van der Waals surface area contributed by atoms with Crippen LogP contribution in [0.5, 0.6) is 5.75 Å². The second-order valence-electron chi connectivity index (χ2n) is 4.06. The maximum Gasteiger partial charge on any atom is 0.118 e. The Morgan fingerprint density at radius 1 is 1.40 bits per heavy atom. The fraction of sp³-hybridized carbons (Fsp3) is 0.500. The Kier molecular flexibility index (Phi) is 3.23. The molecule has 1 aromatic carbocycles. The molecular weight excluding hydrogens is 188 g/mol. The molecule has 1 fully saturated rings. The average Bonchev–Trinajstić information content (AvgIpc) is 3.10. The van der Waals surface area contributed by atoms with Gasteiger partial charge in [0.15, 0.2) is 0 Å². The summed E-state index contributed by atoms with van der Waals surface area (Å²) in [5, 5.41) is 3.43. The van der Waals surface area contributed by atoms with Gasteiger partial charge < -0.3 is 15.8 Å². The highest BCUT2D eigenvalue weighted by atomic mass is 16.5. The molecular formula is C12H18N2O. The summed E-state index contributed by atoms with van der Waals surface area (Å²) in [7, 11) is 1.67. The van der Waals surface area contributed by atoms with Crippen molar-refractivity contribution < 1.29 is 4.74 Å². The first-order chi connectivity index (χ1) is 7.29. The second kappa shape index (κ2) is 4.64. The van der Waals surface area contributed by atoms with Crippen LogP contribution in [0.3, 0.4) is 0 Å². The van der Waals surface area contributed by atoms with E-state index in [-0.39, 0.29) is 6.04 Å². The number of hydrogen-bond acceptors (Lipinski definition) is 3. The molecule has 3 heteroatoms. The molecule has 0 bridgehead atoms. The third-order valence-corrected chi connectivity index (χ3v) is 2.75. The van der Waals surface area contributed by atoms with E-state index in [0.717, 1.165) is 17.9 Å². The molecule has 1 aromatic rings. The van der Waals surface area contributed by atoms with E-state index in [1.54, 1.807) is 7.11 Å². The first-order valence-electron chi connectivity index (χ1n) is 5.42. The lowest BCUT2D eigenvalue weighted by Crippen LogP contribution is -2.28. The Morgan fingerprint density at radius 3 is 2.60 bits per heavy atom. The number of nitrogens with one attached hydrogen (secondary N) is 1. The average molecular weight is 206 g/mol. The molecule has 1 atom stereocenters. The van der Waals surface area contributed by atoms with Crippen molar-refractivity contribution >= 4 is 0 Å². The summed E-state index contributed by atoms with van der Waals surface area (Å²) in [4.78, 5) is 0. The molecule has 0 aliphatic heterocycles. The van der Waals surface area contributed by atoms with E-state index in [1.165, 1.54) is 12.8 Å². The van der Waals surface area contributed by atoms with Crippen molar-refractivity contribution in [3.8, 4) is 5.75 Å². The smallest absolute Gasteiger partial charge is 0.118 e. The Balaban J connectivity index is 1.88. The zero-order valence-electron chi connectivity index (χ0n) is 9.07. The van der Waals surface area contributed by atoms with E-state index in [1.807, 2.05) is 24.3 Å². The molecule has 3 N–H and O–H groups in total. The van der Waals surface area contributed by atoms with Crippen molar-refractivity contribution in [2.24, 2.45) is 5.73 Å². The molecule has 3 nitrogen and oxygen atoms in total. The second-order valence-corrected chi connectivity index (χ2v) is 4.06. The van der Waals surface area contributed by atoms with Gasteiger partial charge in [-0.2, -0.15) is 0 Å².